The van der Waals surface area contributed by atoms with Crippen molar-refractivity contribution >= 4 is 15.9 Å². The molecule has 0 aliphatic carbocycles. The van der Waals surface area contributed by atoms with Crippen molar-refractivity contribution in [3.8, 4) is 0 Å². The number of aliphatic hydroxyl groups is 1. The molecule has 14 heavy (non-hydrogen) atoms. The van der Waals surface area contributed by atoms with Gasteiger partial charge in [0.15, 0.2) is 0 Å². The fourth-order valence-corrected chi connectivity index (χ4v) is 2.50. The zero-order chi connectivity index (χ0) is 11.2. The number of nitrogens with zero attached hydrogens (tertiary/aromatic N) is 1. The zero-order valence-electron chi connectivity index (χ0n) is 9.89. The standard InChI is InChI=1S/C11H24BrNO/c1-5-11(6-2,8-12)9-13(4)10(3)7-14/h10,14H,5-9H2,1-4H3. The van der Waals surface area contributed by atoms with Crippen molar-refractivity contribution in [1.29, 1.82) is 0 Å². The minimum absolute atomic E-state index is 0.238. The molecule has 86 valence electrons. The molecule has 0 bridgehead atoms. The van der Waals surface area contributed by atoms with Gasteiger partial charge in [0.05, 0.1) is 6.61 Å². The van der Waals surface area contributed by atoms with Crippen LogP contribution in [0.4, 0.5) is 0 Å². The first kappa shape index (κ1) is 14.4. The number of hydrogen-bond acceptors (Lipinski definition) is 2. The summed E-state index contributed by atoms with van der Waals surface area (Å²) in [6.45, 7) is 7.82. The molecule has 0 heterocycles. The first-order valence-corrected chi connectivity index (χ1v) is 6.54. The molecule has 0 saturated heterocycles. The molecule has 0 amide bonds. The van der Waals surface area contributed by atoms with Crippen molar-refractivity contribution < 1.29 is 5.11 Å². The van der Waals surface area contributed by atoms with Gasteiger partial charge in [0, 0.05) is 17.9 Å². The number of alkyl halides is 1. The maximum absolute atomic E-state index is 9.07. The molecular formula is C11H24BrNO. The van der Waals surface area contributed by atoms with E-state index in [0.29, 0.717) is 5.41 Å². The van der Waals surface area contributed by atoms with Crippen molar-refractivity contribution in [2.24, 2.45) is 5.41 Å². The van der Waals surface area contributed by atoms with Crippen LogP contribution < -0.4 is 0 Å². The summed E-state index contributed by atoms with van der Waals surface area (Å²) in [7, 11) is 2.09. The Morgan fingerprint density at radius 3 is 2.14 bits per heavy atom. The topological polar surface area (TPSA) is 23.5 Å². The third-order valence-corrected chi connectivity index (χ3v) is 4.57. The Hall–Kier alpha value is 0.400. The van der Waals surface area contributed by atoms with Crippen molar-refractivity contribution in [3.63, 3.8) is 0 Å². The summed E-state index contributed by atoms with van der Waals surface area (Å²) in [6, 6.07) is 0.256. The predicted octanol–water partition coefficient (Wildman–Crippen LogP) is 2.50. The molecule has 0 saturated carbocycles. The molecule has 1 N–H and O–H groups in total. The van der Waals surface area contributed by atoms with Gasteiger partial charge in [0.1, 0.15) is 0 Å². The third kappa shape index (κ3) is 3.87. The van der Waals surface area contributed by atoms with E-state index in [-0.39, 0.29) is 12.6 Å². The molecule has 0 radical (unpaired) electrons. The summed E-state index contributed by atoms with van der Waals surface area (Å²) < 4.78 is 0. The van der Waals surface area contributed by atoms with Crippen molar-refractivity contribution in [1.82, 2.24) is 4.90 Å². The second kappa shape index (κ2) is 6.81. The van der Waals surface area contributed by atoms with Crippen LogP contribution in [0.3, 0.4) is 0 Å². The van der Waals surface area contributed by atoms with E-state index in [2.05, 4.69) is 48.6 Å². The van der Waals surface area contributed by atoms with Crippen LogP contribution in [0, 0.1) is 5.41 Å². The highest BCUT2D eigenvalue weighted by molar-refractivity contribution is 9.09. The van der Waals surface area contributed by atoms with E-state index in [1.54, 1.807) is 0 Å². The summed E-state index contributed by atoms with van der Waals surface area (Å²) >= 11 is 3.60. The lowest BCUT2D eigenvalue weighted by atomic mass is 9.84. The number of rotatable bonds is 7. The minimum atomic E-state index is 0.238. The Morgan fingerprint density at radius 2 is 1.86 bits per heavy atom. The van der Waals surface area contributed by atoms with Crippen LogP contribution in [0.1, 0.15) is 33.6 Å². The highest BCUT2D eigenvalue weighted by atomic mass is 79.9. The number of halogens is 1. The second-order valence-electron chi connectivity index (χ2n) is 4.29. The van der Waals surface area contributed by atoms with Gasteiger partial charge in [-0.2, -0.15) is 0 Å². The van der Waals surface area contributed by atoms with Gasteiger partial charge in [-0.3, -0.25) is 0 Å². The van der Waals surface area contributed by atoms with E-state index in [9.17, 15) is 0 Å². The molecule has 0 aliphatic heterocycles. The molecule has 2 nitrogen and oxygen atoms in total. The molecule has 1 atom stereocenters. The first-order valence-electron chi connectivity index (χ1n) is 5.42. The average molecular weight is 266 g/mol. The number of hydrogen-bond donors (Lipinski definition) is 1. The summed E-state index contributed by atoms with van der Waals surface area (Å²) in [4.78, 5) is 2.24. The van der Waals surface area contributed by atoms with E-state index in [4.69, 9.17) is 5.11 Å². The molecule has 0 aromatic heterocycles. The quantitative estimate of drug-likeness (QED) is 0.716. The smallest absolute Gasteiger partial charge is 0.0584 e. The summed E-state index contributed by atoms with van der Waals surface area (Å²) in [5, 5.41) is 10.1. The van der Waals surface area contributed by atoms with Crippen molar-refractivity contribution in [3.05, 3.63) is 0 Å². The van der Waals surface area contributed by atoms with E-state index < -0.39 is 0 Å². The van der Waals surface area contributed by atoms with Gasteiger partial charge in [0.25, 0.3) is 0 Å². The van der Waals surface area contributed by atoms with Gasteiger partial charge in [-0.25, -0.2) is 0 Å². The molecule has 0 aromatic rings. The van der Waals surface area contributed by atoms with Crippen LogP contribution in [0.5, 0.6) is 0 Å². The number of aliphatic hydroxyl groups excluding tert-OH is 1. The summed E-state index contributed by atoms with van der Waals surface area (Å²) in [5.41, 5.74) is 0.359. The fourth-order valence-electron chi connectivity index (χ4n) is 1.53. The van der Waals surface area contributed by atoms with Gasteiger partial charge < -0.3 is 10.0 Å². The molecule has 0 aromatic carbocycles. The largest absolute Gasteiger partial charge is 0.395 e. The molecule has 0 fully saturated rings. The monoisotopic (exact) mass is 265 g/mol. The Bertz CT molecular complexity index is 140. The predicted molar refractivity (Wildman–Crippen MR) is 66.0 cm³/mol. The van der Waals surface area contributed by atoms with Gasteiger partial charge in [-0.15, -0.1) is 0 Å². The molecule has 3 heteroatoms. The van der Waals surface area contributed by atoms with Gasteiger partial charge in [-0.1, -0.05) is 29.8 Å². The molecule has 0 rings (SSSR count). The Labute approximate surface area is 96.8 Å². The van der Waals surface area contributed by atoms with Crippen LogP contribution in [0.15, 0.2) is 0 Å². The van der Waals surface area contributed by atoms with Crippen molar-refractivity contribution in [2.45, 2.75) is 39.7 Å². The van der Waals surface area contributed by atoms with E-state index in [1.807, 2.05) is 0 Å². The van der Waals surface area contributed by atoms with Gasteiger partial charge in [-0.05, 0) is 32.2 Å². The highest BCUT2D eigenvalue weighted by Crippen LogP contribution is 2.29. The van der Waals surface area contributed by atoms with E-state index >= 15 is 0 Å². The lowest BCUT2D eigenvalue weighted by Crippen LogP contribution is -2.42. The van der Waals surface area contributed by atoms with Crippen LogP contribution in [0.25, 0.3) is 0 Å². The minimum Gasteiger partial charge on any atom is -0.395 e. The Kier molecular flexibility index (Phi) is 7.00. The van der Waals surface area contributed by atoms with Gasteiger partial charge >= 0.3 is 0 Å². The van der Waals surface area contributed by atoms with Crippen molar-refractivity contribution in [2.75, 3.05) is 25.5 Å². The third-order valence-electron chi connectivity index (χ3n) is 3.38. The lowest BCUT2D eigenvalue weighted by molar-refractivity contribution is 0.109. The summed E-state index contributed by atoms with van der Waals surface area (Å²) in [6.07, 6.45) is 2.36. The zero-order valence-corrected chi connectivity index (χ0v) is 11.5. The van der Waals surface area contributed by atoms with Crippen LogP contribution in [-0.4, -0.2) is 41.6 Å². The van der Waals surface area contributed by atoms with Crippen LogP contribution in [-0.2, 0) is 0 Å². The Morgan fingerprint density at radius 1 is 1.36 bits per heavy atom. The lowest BCUT2D eigenvalue weighted by Gasteiger charge is -2.36. The fraction of sp³-hybridized carbons (Fsp3) is 1.00. The maximum atomic E-state index is 9.07. The van der Waals surface area contributed by atoms with Crippen LogP contribution >= 0.6 is 15.9 Å². The van der Waals surface area contributed by atoms with Crippen LogP contribution in [0.2, 0.25) is 0 Å². The molecule has 1 unspecified atom stereocenters. The second-order valence-corrected chi connectivity index (χ2v) is 4.85. The van der Waals surface area contributed by atoms with E-state index in [1.165, 1.54) is 12.8 Å². The summed E-state index contributed by atoms with van der Waals surface area (Å²) in [5.74, 6) is 0. The number of likely N-dealkylation sites (N-methyl/N-ethyl adjacent to an activating group) is 1. The SMILES string of the molecule is CCC(CC)(CBr)CN(C)C(C)CO. The molecule has 0 spiro atoms. The normalized spacial score (nSPS) is 14.8. The van der Waals surface area contributed by atoms with E-state index in [0.717, 1.165) is 11.9 Å². The average Bonchev–Trinajstić information content (AvgIpc) is 2.24. The molecular weight excluding hydrogens is 242 g/mol. The maximum Gasteiger partial charge on any atom is 0.0584 e. The van der Waals surface area contributed by atoms with Gasteiger partial charge in [0.2, 0.25) is 0 Å². The Balaban J connectivity index is 4.28. The first-order chi connectivity index (χ1) is 6.55. The highest BCUT2D eigenvalue weighted by Gasteiger charge is 2.27. The molecule has 0 aliphatic rings.